The van der Waals surface area contributed by atoms with E-state index in [-0.39, 0.29) is 42.5 Å². The van der Waals surface area contributed by atoms with E-state index in [1.54, 1.807) is 4.90 Å². The van der Waals surface area contributed by atoms with E-state index in [1.807, 2.05) is 4.90 Å². The second-order valence-electron chi connectivity index (χ2n) is 25.8. The number of hydrogen-bond acceptors (Lipinski definition) is 10. The highest BCUT2D eigenvalue weighted by molar-refractivity contribution is 5.77. The molecule has 0 saturated carbocycles. The SMILES string of the molecule is CCCCCOc1c2cc3cc1Cc1cc(C(C)(C)C)cc(c1OCCCCC)Cc1cc(C(C)(C)C)cc(c1OCCCCC)Cc1cc(cc(c1OCCCCC)C2)CCC(=O)N1COCCOCCN(CCOCCOC1)C(=O)CC3. The quantitative estimate of drug-likeness (QED) is 0.0698. The van der Waals surface area contributed by atoms with E-state index in [1.165, 1.54) is 11.1 Å². The Labute approximate surface area is 506 Å². The van der Waals surface area contributed by atoms with Gasteiger partial charge < -0.3 is 42.8 Å². The van der Waals surface area contributed by atoms with Crippen LogP contribution < -0.4 is 18.9 Å². The van der Waals surface area contributed by atoms with Crippen molar-refractivity contribution in [2.24, 2.45) is 0 Å². The molecule has 84 heavy (non-hydrogen) atoms. The first kappa shape index (κ1) is 66.4. The number of unbranched alkanes of at least 4 members (excludes halogenated alkanes) is 8. The maximum Gasteiger partial charge on any atom is 0.226 e. The van der Waals surface area contributed by atoms with Crippen LogP contribution in [-0.4, -0.2) is 114 Å². The molecule has 1 saturated heterocycles. The zero-order chi connectivity index (χ0) is 59.9. The van der Waals surface area contributed by atoms with Gasteiger partial charge >= 0.3 is 0 Å². The molecule has 1 fully saturated rings. The molecule has 12 bridgehead atoms. The second-order valence-corrected chi connectivity index (χ2v) is 25.8. The van der Waals surface area contributed by atoms with Gasteiger partial charge in [0.25, 0.3) is 0 Å². The van der Waals surface area contributed by atoms with Gasteiger partial charge in [0, 0.05) is 51.6 Å². The first-order valence-electron chi connectivity index (χ1n) is 32.6. The summed E-state index contributed by atoms with van der Waals surface area (Å²) in [6.07, 6.45) is 16.2. The summed E-state index contributed by atoms with van der Waals surface area (Å²) < 4.78 is 53.2. The minimum absolute atomic E-state index is 0.0430. The van der Waals surface area contributed by atoms with Crippen molar-refractivity contribution in [2.75, 3.05) is 92.6 Å². The second kappa shape index (κ2) is 33.7. The summed E-state index contributed by atoms with van der Waals surface area (Å²) >= 11 is 0. The van der Waals surface area contributed by atoms with Crippen LogP contribution in [0.2, 0.25) is 0 Å². The molecule has 0 radical (unpaired) electrons. The summed E-state index contributed by atoms with van der Waals surface area (Å²) in [5.74, 6) is 3.60. The highest BCUT2D eigenvalue weighted by Gasteiger charge is 2.29. The van der Waals surface area contributed by atoms with E-state index in [0.717, 1.165) is 156 Å². The van der Waals surface area contributed by atoms with Gasteiger partial charge in [0.2, 0.25) is 11.8 Å². The highest BCUT2D eigenvalue weighted by atomic mass is 16.6. The van der Waals surface area contributed by atoms with Crippen molar-refractivity contribution in [1.29, 1.82) is 0 Å². The molecular formula is C72H106N2O10. The Morgan fingerprint density at radius 3 is 0.952 bits per heavy atom. The molecule has 3 aliphatic heterocycles. The zero-order valence-corrected chi connectivity index (χ0v) is 53.6. The van der Waals surface area contributed by atoms with Gasteiger partial charge in [-0.3, -0.25) is 14.5 Å². The van der Waals surface area contributed by atoms with Crippen molar-refractivity contribution >= 4 is 11.8 Å². The predicted molar refractivity (Wildman–Crippen MR) is 338 cm³/mol. The molecule has 0 N–H and O–H groups in total. The zero-order valence-electron chi connectivity index (χ0n) is 53.6. The largest absolute Gasteiger partial charge is 0.493 e. The Bertz CT molecular complexity index is 2510. The van der Waals surface area contributed by atoms with Crippen molar-refractivity contribution in [3.8, 4) is 23.0 Å². The molecule has 2 amide bonds. The van der Waals surface area contributed by atoms with E-state index in [4.69, 9.17) is 37.9 Å². The maximum absolute atomic E-state index is 14.6. The molecule has 12 nitrogen and oxygen atoms in total. The number of ether oxygens (including phenoxy) is 8. The third-order valence-electron chi connectivity index (χ3n) is 16.5. The summed E-state index contributed by atoms with van der Waals surface area (Å²) in [7, 11) is 0. The monoisotopic (exact) mass is 1160 g/mol. The van der Waals surface area contributed by atoms with Gasteiger partial charge in [0.1, 0.15) is 36.5 Å². The molecule has 0 unspecified atom stereocenters. The van der Waals surface area contributed by atoms with Crippen LogP contribution in [0.15, 0.2) is 48.5 Å². The number of benzene rings is 4. The van der Waals surface area contributed by atoms with Crippen LogP contribution in [0, 0.1) is 0 Å². The van der Waals surface area contributed by atoms with Gasteiger partial charge in [-0.05, 0) is 116 Å². The highest BCUT2D eigenvalue weighted by Crippen LogP contribution is 2.43. The van der Waals surface area contributed by atoms with Crippen LogP contribution in [0.5, 0.6) is 23.0 Å². The number of hydrogen-bond donors (Lipinski definition) is 0. The maximum atomic E-state index is 14.6. The lowest BCUT2D eigenvalue weighted by Gasteiger charge is -2.28. The van der Waals surface area contributed by atoms with Gasteiger partial charge in [-0.1, -0.05) is 169 Å². The smallest absolute Gasteiger partial charge is 0.226 e. The summed E-state index contributed by atoms with van der Waals surface area (Å²) in [5, 5.41) is 0. The summed E-state index contributed by atoms with van der Waals surface area (Å²) in [6.45, 7) is 28.1. The molecule has 0 atom stereocenters. The number of rotatable bonds is 20. The topological polar surface area (TPSA) is 114 Å². The van der Waals surface area contributed by atoms with Crippen LogP contribution in [0.3, 0.4) is 0 Å². The third-order valence-corrected chi connectivity index (χ3v) is 16.5. The van der Waals surface area contributed by atoms with E-state index >= 15 is 0 Å². The predicted octanol–water partition coefficient (Wildman–Crippen LogP) is 14.8. The number of aryl methyl sites for hydroxylation is 2. The van der Waals surface area contributed by atoms with Crippen molar-refractivity contribution in [1.82, 2.24) is 9.80 Å². The first-order chi connectivity index (χ1) is 40.6. The van der Waals surface area contributed by atoms with Crippen molar-refractivity contribution < 1.29 is 47.5 Å². The van der Waals surface area contributed by atoms with Crippen LogP contribution >= 0.6 is 0 Å². The van der Waals surface area contributed by atoms with Gasteiger partial charge in [-0.15, -0.1) is 0 Å². The molecule has 3 heterocycles. The molecule has 0 spiro atoms. The average molecular weight is 1160 g/mol. The minimum Gasteiger partial charge on any atom is -0.493 e. The lowest BCUT2D eigenvalue weighted by molar-refractivity contribution is -0.146. The van der Waals surface area contributed by atoms with Crippen LogP contribution in [0.25, 0.3) is 0 Å². The summed E-state index contributed by atoms with van der Waals surface area (Å²) in [6, 6.07) is 18.8. The Morgan fingerprint density at radius 1 is 0.369 bits per heavy atom. The Kier molecular flexibility index (Phi) is 26.6. The molecular weight excluding hydrogens is 1050 g/mol. The first-order valence-corrected chi connectivity index (χ1v) is 32.6. The van der Waals surface area contributed by atoms with Gasteiger partial charge in [-0.2, -0.15) is 0 Å². The number of fused-ring (bicyclic) bond motifs is 22. The van der Waals surface area contributed by atoms with Gasteiger partial charge in [0.15, 0.2) is 0 Å². The molecule has 0 aromatic heterocycles. The Hall–Kier alpha value is -5.14. The van der Waals surface area contributed by atoms with E-state index in [2.05, 4.69) is 118 Å². The fourth-order valence-electron chi connectivity index (χ4n) is 11.5. The number of nitrogens with zero attached hydrogens (tertiary/aromatic N) is 2. The summed E-state index contributed by atoms with van der Waals surface area (Å²) in [4.78, 5) is 32.6. The average Bonchev–Trinajstić information content (AvgIpc) is 3.65. The van der Waals surface area contributed by atoms with Gasteiger partial charge in [-0.25, -0.2) is 0 Å². The molecule has 4 aromatic rings. The molecule has 464 valence electrons. The fraction of sp³-hybridized carbons (Fsp3) is 0.639. The van der Waals surface area contributed by atoms with Crippen LogP contribution in [0.1, 0.15) is 226 Å². The lowest BCUT2D eigenvalue weighted by Crippen LogP contribution is -2.38. The molecule has 1 aliphatic carbocycles. The molecule has 4 aliphatic rings. The number of carbonyl (C=O) groups excluding carboxylic acids is 2. The van der Waals surface area contributed by atoms with Crippen molar-refractivity contribution in [3.63, 3.8) is 0 Å². The Balaban J connectivity index is 1.57. The standard InChI is InChI=1S/C72H106N2O10/c1-11-15-19-29-81-67-55-39-53-23-25-65(75)73-27-33-77-35-37-79-51-74(52-80-38-36-78-34-28-73)66(76)26-24-54-40-56(43-55)68(82-30-20-16-12-2)58(42-54)45-60-48-64(72(8,9)10)50-62(70(60)84-32-22-18-14-4)46-61-49-63(71(5,6)7)47-59(44-57(67)41-53)69(61)83-31-21-17-13-3/h39-42,47-50H,11-38,43-46,51-52H2,1-10H3. The molecule has 12 heteroatoms. The van der Waals surface area contributed by atoms with Crippen molar-refractivity contribution in [2.45, 2.75) is 208 Å². The third kappa shape index (κ3) is 20.0. The van der Waals surface area contributed by atoms with Crippen LogP contribution in [-0.2, 0) is 77.9 Å². The van der Waals surface area contributed by atoms with E-state index in [9.17, 15) is 9.59 Å². The normalized spacial score (nSPS) is 16.4. The fourth-order valence-corrected chi connectivity index (χ4v) is 11.5. The number of amides is 2. The summed E-state index contributed by atoms with van der Waals surface area (Å²) in [5.41, 5.74) is 13.0. The van der Waals surface area contributed by atoms with E-state index in [0.29, 0.717) is 124 Å². The minimum atomic E-state index is -0.181. The molecule has 4 aromatic carbocycles. The number of carbonyl (C=O) groups is 2. The van der Waals surface area contributed by atoms with E-state index < -0.39 is 0 Å². The lowest BCUT2D eigenvalue weighted by atomic mass is 9.80. The molecule has 8 rings (SSSR count). The Morgan fingerprint density at radius 2 is 0.655 bits per heavy atom. The van der Waals surface area contributed by atoms with Gasteiger partial charge in [0.05, 0.1) is 66.1 Å². The van der Waals surface area contributed by atoms with Crippen LogP contribution in [0.4, 0.5) is 0 Å². The van der Waals surface area contributed by atoms with Crippen molar-refractivity contribution in [3.05, 3.63) is 115 Å².